The summed E-state index contributed by atoms with van der Waals surface area (Å²) in [6.45, 7) is 2.39. The number of rotatable bonds is 6. The van der Waals surface area contributed by atoms with Crippen LogP contribution < -0.4 is 20.1 Å². The Kier molecular flexibility index (Phi) is 6.45. The van der Waals surface area contributed by atoms with Crippen LogP contribution in [0.3, 0.4) is 0 Å². The van der Waals surface area contributed by atoms with Crippen LogP contribution >= 0.6 is 12.2 Å². The van der Waals surface area contributed by atoms with Crippen LogP contribution in [0.5, 0.6) is 11.5 Å². The van der Waals surface area contributed by atoms with Crippen molar-refractivity contribution in [1.29, 1.82) is 0 Å². The highest BCUT2D eigenvalue weighted by molar-refractivity contribution is 7.80. The van der Waals surface area contributed by atoms with Crippen molar-refractivity contribution < 1.29 is 19.2 Å². The lowest BCUT2D eigenvalue weighted by molar-refractivity contribution is -0.384. The summed E-state index contributed by atoms with van der Waals surface area (Å²) in [4.78, 5) is 22.8. The van der Waals surface area contributed by atoms with Gasteiger partial charge < -0.3 is 14.8 Å². The number of nitro groups is 1. The van der Waals surface area contributed by atoms with Crippen molar-refractivity contribution in [3.8, 4) is 11.5 Å². The number of nitrogens with one attached hydrogen (secondary N) is 2. The minimum absolute atomic E-state index is 0.0582. The second-order valence-corrected chi connectivity index (χ2v) is 5.41. The second-order valence-electron chi connectivity index (χ2n) is 5.01. The number of carbonyl (C=O) groups is 1. The smallest absolute Gasteiger partial charge is 0.296 e. The fourth-order valence-corrected chi connectivity index (χ4v) is 2.30. The van der Waals surface area contributed by atoms with Crippen LogP contribution in [0.4, 0.5) is 11.4 Å². The van der Waals surface area contributed by atoms with Crippen LogP contribution in [0.25, 0.3) is 0 Å². The van der Waals surface area contributed by atoms with Crippen molar-refractivity contribution in [3.05, 3.63) is 58.1 Å². The number of thiocarbonyl (C=S) groups is 1. The van der Waals surface area contributed by atoms with E-state index in [1.165, 1.54) is 19.2 Å². The quantitative estimate of drug-likeness (QED) is 0.454. The molecule has 8 nitrogen and oxygen atoms in total. The minimum Gasteiger partial charge on any atom is -0.496 e. The van der Waals surface area contributed by atoms with Crippen molar-refractivity contribution in [3.63, 3.8) is 0 Å². The number of benzene rings is 2. The average Bonchev–Trinajstić information content (AvgIpc) is 2.62. The molecule has 26 heavy (non-hydrogen) atoms. The Hall–Kier alpha value is -3.20. The monoisotopic (exact) mass is 375 g/mol. The Bertz CT molecular complexity index is 824. The number of ether oxygens (including phenoxy) is 2. The summed E-state index contributed by atoms with van der Waals surface area (Å²) in [5.41, 5.74) is 0.302. The highest BCUT2D eigenvalue weighted by Crippen LogP contribution is 2.28. The van der Waals surface area contributed by atoms with Crippen LogP contribution in [-0.2, 0) is 0 Å². The van der Waals surface area contributed by atoms with Crippen LogP contribution in [0.2, 0.25) is 0 Å². The van der Waals surface area contributed by atoms with Gasteiger partial charge in [0, 0.05) is 5.56 Å². The number of hydrogen-bond donors (Lipinski definition) is 2. The second kappa shape index (κ2) is 8.77. The Morgan fingerprint density at radius 3 is 2.42 bits per heavy atom. The van der Waals surface area contributed by atoms with E-state index in [1.54, 1.807) is 30.3 Å². The summed E-state index contributed by atoms with van der Waals surface area (Å²) in [5, 5.41) is 16.2. The molecule has 0 saturated carbocycles. The largest absolute Gasteiger partial charge is 0.496 e. The highest BCUT2D eigenvalue weighted by Gasteiger charge is 2.17. The van der Waals surface area contributed by atoms with Gasteiger partial charge in [0.15, 0.2) is 5.11 Å². The van der Waals surface area contributed by atoms with E-state index >= 15 is 0 Å². The molecule has 0 heterocycles. The van der Waals surface area contributed by atoms with E-state index in [9.17, 15) is 14.9 Å². The molecule has 2 N–H and O–H groups in total. The van der Waals surface area contributed by atoms with E-state index in [2.05, 4.69) is 10.6 Å². The van der Waals surface area contributed by atoms with Crippen LogP contribution in [0, 0.1) is 10.1 Å². The number of nitro benzene ring substituents is 1. The van der Waals surface area contributed by atoms with Crippen molar-refractivity contribution in [1.82, 2.24) is 5.32 Å². The van der Waals surface area contributed by atoms with E-state index in [0.29, 0.717) is 23.7 Å². The Balaban J connectivity index is 2.06. The highest BCUT2D eigenvalue weighted by atomic mass is 32.1. The predicted molar refractivity (Wildman–Crippen MR) is 101 cm³/mol. The van der Waals surface area contributed by atoms with E-state index in [1.807, 2.05) is 6.92 Å². The van der Waals surface area contributed by atoms with Crippen molar-refractivity contribution >= 4 is 34.6 Å². The Morgan fingerprint density at radius 2 is 1.85 bits per heavy atom. The summed E-state index contributed by atoms with van der Waals surface area (Å²) in [6.07, 6.45) is 0. The molecular formula is C17H17N3O5S. The van der Waals surface area contributed by atoms with Crippen LogP contribution in [0.1, 0.15) is 17.3 Å². The average molecular weight is 375 g/mol. The predicted octanol–water partition coefficient (Wildman–Crippen LogP) is 3.13. The van der Waals surface area contributed by atoms with Gasteiger partial charge in [-0.3, -0.25) is 20.2 Å². The molecule has 0 aromatic heterocycles. The van der Waals surface area contributed by atoms with Crippen molar-refractivity contribution in [2.24, 2.45) is 0 Å². The number of carbonyl (C=O) groups excluding carboxylic acids is 1. The summed E-state index contributed by atoms with van der Waals surface area (Å²) < 4.78 is 10.3. The van der Waals surface area contributed by atoms with Crippen LogP contribution in [0.15, 0.2) is 42.5 Å². The molecule has 9 heteroatoms. The molecule has 2 aromatic rings. The van der Waals surface area contributed by atoms with Gasteiger partial charge in [0.25, 0.3) is 11.6 Å². The normalized spacial score (nSPS) is 9.92. The summed E-state index contributed by atoms with van der Waals surface area (Å²) >= 11 is 5.07. The first-order chi connectivity index (χ1) is 12.4. The van der Waals surface area contributed by atoms with Gasteiger partial charge in [-0.1, -0.05) is 0 Å². The van der Waals surface area contributed by atoms with E-state index in [4.69, 9.17) is 21.7 Å². The number of amides is 1. The Labute approximate surface area is 155 Å². The molecule has 0 atom stereocenters. The SMILES string of the molecule is CCOc1ccc(C(=O)NC(=S)Nc2ccc(OC)cc2[N+](=O)[O-])cc1. The van der Waals surface area contributed by atoms with Gasteiger partial charge in [-0.15, -0.1) is 0 Å². The zero-order chi connectivity index (χ0) is 19.1. The minimum atomic E-state index is -0.568. The van der Waals surface area contributed by atoms with Gasteiger partial charge in [-0.05, 0) is 55.5 Å². The number of methoxy groups -OCH3 is 1. The molecule has 0 fully saturated rings. The molecular weight excluding hydrogens is 358 g/mol. The summed E-state index contributed by atoms with van der Waals surface area (Å²) in [5.74, 6) is 0.548. The van der Waals surface area contributed by atoms with E-state index in [-0.39, 0.29) is 16.5 Å². The molecule has 0 unspecified atom stereocenters. The molecule has 1 amide bonds. The first-order valence-corrected chi connectivity index (χ1v) is 8.03. The van der Waals surface area contributed by atoms with E-state index < -0.39 is 10.8 Å². The van der Waals surface area contributed by atoms with E-state index in [0.717, 1.165) is 0 Å². The third kappa shape index (κ3) is 4.90. The maximum Gasteiger partial charge on any atom is 0.296 e. The topological polar surface area (TPSA) is 103 Å². The zero-order valence-corrected chi connectivity index (χ0v) is 15.0. The third-order valence-corrected chi connectivity index (χ3v) is 3.51. The third-order valence-electron chi connectivity index (χ3n) is 3.30. The molecule has 0 radical (unpaired) electrons. The first-order valence-electron chi connectivity index (χ1n) is 7.62. The molecule has 2 rings (SSSR count). The molecule has 0 saturated heterocycles. The molecule has 0 aliphatic carbocycles. The molecule has 2 aromatic carbocycles. The van der Waals surface area contributed by atoms with Gasteiger partial charge in [0.1, 0.15) is 17.2 Å². The van der Waals surface area contributed by atoms with Crippen molar-refractivity contribution in [2.75, 3.05) is 19.0 Å². The first kappa shape index (κ1) is 19.1. The van der Waals surface area contributed by atoms with Gasteiger partial charge in [-0.2, -0.15) is 0 Å². The lowest BCUT2D eigenvalue weighted by Crippen LogP contribution is -2.34. The maximum atomic E-state index is 12.2. The van der Waals surface area contributed by atoms with Gasteiger partial charge in [0.05, 0.1) is 24.7 Å². The Morgan fingerprint density at radius 1 is 1.19 bits per heavy atom. The molecule has 136 valence electrons. The summed E-state index contributed by atoms with van der Waals surface area (Å²) in [7, 11) is 1.41. The number of anilines is 1. The lowest BCUT2D eigenvalue weighted by atomic mass is 10.2. The fourth-order valence-electron chi connectivity index (χ4n) is 2.09. The maximum absolute atomic E-state index is 12.2. The van der Waals surface area contributed by atoms with Gasteiger partial charge >= 0.3 is 0 Å². The molecule has 0 aliphatic heterocycles. The molecule has 0 aliphatic rings. The molecule has 0 bridgehead atoms. The fraction of sp³-hybridized carbons (Fsp3) is 0.176. The lowest BCUT2D eigenvalue weighted by Gasteiger charge is -2.11. The zero-order valence-electron chi connectivity index (χ0n) is 14.1. The van der Waals surface area contributed by atoms with Crippen molar-refractivity contribution in [2.45, 2.75) is 6.92 Å². The standard InChI is InChI=1S/C17H17N3O5S/c1-3-25-12-6-4-11(5-7-12)16(21)19-17(26)18-14-9-8-13(24-2)10-15(14)20(22)23/h4-10H,3H2,1-2H3,(H2,18,19,21,26). The summed E-state index contributed by atoms with van der Waals surface area (Å²) in [6, 6.07) is 10.8. The van der Waals surface area contributed by atoms with Crippen LogP contribution in [-0.4, -0.2) is 29.7 Å². The van der Waals surface area contributed by atoms with Gasteiger partial charge in [0.2, 0.25) is 0 Å². The number of hydrogen-bond acceptors (Lipinski definition) is 6. The molecule has 0 spiro atoms. The van der Waals surface area contributed by atoms with Gasteiger partial charge in [-0.25, -0.2) is 0 Å². The number of nitrogens with zero attached hydrogens (tertiary/aromatic N) is 1.